The molecule has 0 saturated heterocycles. The molecule has 5 heteroatoms. The predicted molar refractivity (Wildman–Crippen MR) is 97.9 cm³/mol. The number of ether oxygens (including phenoxy) is 2. The number of rotatable bonds is 7. The summed E-state index contributed by atoms with van der Waals surface area (Å²) in [6.07, 6.45) is 0.971. The van der Waals surface area contributed by atoms with Crippen LogP contribution in [-0.2, 0) is 14.3 Å². The van der Waals surface area contributed by atoms with Gasteiger partial charge in [-0.25, -0.2) is 4.79 Å². The summed E-state index contributed by atoms with van der Waals surface area (Å²) in [5, 5.41) is 2.89. The lowest BCUT2D eigenvalue weighted by molar-refractivity contribution is -0.158. The normalized spacial score (nSPS) is 14.4. The van der Waals surface area contributed by atoms with E-state index in [0.717, 1.165) is 24.0 Å². The number of amides is 1. The molecule has 1 amide bonds. The number of aryl methyl sites for hydroxylation is 2. The van der Waals surface area contributed by atoms with Gasteiger partial charge >= 0.3 is 5.97 Å². The quantitative estimate of drug-likeness (QED) is 0.776. The molecule has 26 heavy (non-hydrogen) atoms. The summed E-state index contributed by atoms with van der Waals surface area (Å²) in [6, 6.07) is 15.0. The summed E-state index contributed by atoms with van der Waals surface area (Å²) in [7, 11) is 0. The van der Waals surface area contributed by atoms with Crippen molar-refractivity contribution in [1.82, 2.24) is 5.32 Å². The monoisotopic (exact) mass is 353 g/mol. The number of benzene rings is 2. The Balaban J connectivity index is 1.66. The Hall–Kier alpha value is -2.82. The fourth-order valence-corrected chi connectivity index (χ4v) is 2.73. The van der Waals surface area contributed by atoms with Crippen LogP contribution in [0.1, 0.15) is 35.6 Å². The molecule has 1 fully saturated rings. The van der Waals surface area contributed by atoms with E-state index >= 15 is 0 Å². The first-order valence-corrected chi connectivity index (χ1v) is 8.78. The highest BCUT2D eigenvalue weighted by molar-refractivity contribution is 5.85. The molecule has 0 radical (unpaired) electrons. The maximum Gasteiger partial charge on any atom is 0.345 e. The van der Waals surface area contributed by atoms with Gasteiger partial charge in [-0.2, -0.15) is 0 Å². The number of para-hydroxylation sites is 1. The maximum absolute atomic E-state index is 12.5. The first kappa shape index (κ1) is 18.0. The van der Waals surface area contributed by atoms with Crippen LogP contribution in [-0.4, -0.2) is 24.5 Å². The van der Waals surface area contributed by atoms with Gasteiger partial charge in [0, 0.05) is 11.6 Å². The SMILES string of the molecule is Cc1cccc(C)c1OCC(=O)O[C@H](C(=O)NC1CC1)c1ccccc1. The van der Waals surface area contributed by atoms with E-state index in [-0.39, 0.29) is 18.6 Å². The van der Waals surface area contributed by atoms with Crippen LogP contribution in [0.3, 0.4) is 0 Å². The lowest BCUT2D eigenvalue weighted by Crippen LogP contribution is -2.34. The highest BCUT2D eigenvalue weighted by Gasteiger charge is 2.30. The minimum Gasteiger partial charge on any atom is -0.481 e. The van der Waals surface area contributed by atoms with Gasteiger partial charge in [-0.15, -0.1) is 0 Å². The van der Waals surface area contributed by atoms with Crippen molar-refractivity contribution >= 4 is 11.9 Å². The molecule has 3 rings (SSSR count). The largest absolute Gasteiger partial charge is 0.481 e. The van der Waals surface area contributed by atoms with Crippen LogP contribution in [0.2, 0.25) is 0 Å². The van der Waals surface area contributed by atoms with Crippen molar-refractivity contribution in [3.8, 4) is 5.75 Å². The van der Waals surface area contributed by atoms with Crippen molar-refractivity contribution in [3.63, 3.8) is 0 Å². The highest BCUT2D eigenvalue weighted by Crippen LogP contribution is 2.24. The van der Waals surface area contributed by atoms with E-state index in [1.165, 1.54) is 0 Å². The lowest BCUT2D eigenvalue weighted by atomic mass is 10.1. The summed E-state index contributed by atoms with van der Waals surface area (Å²) < 4.78 is 11.1. The number of nitrogens with one attached hydrogen (secondary N) is 1. The maximum atomic E-state index is 12.5. The van der Waals surface area contributed by atoms with Gasteiger partial charge in [-0.1, -0.05) is 48.5 Å². The second-order valence-electron chi connectivity index (χ2n) is 6.57. The zero-order valence-corrected chi connectivity index (χ0v) is 15.0. The zero-order chi connectivity index (χ0) is 18.5. The summed E-state index contributed by atoms with van der Waals surface area (Å²) in [5.41, 5.74) is 2.54. The molecular weight excluding hydrogens is 330 g/mol. The van der Waals surface area contributed by atoms with E-state index in [1.54, 1.807) is 12.1 Å². The number of esters is 1. The summed E-state index contributed by atoms with van der Waals surface area (Å²) in [5.74, 6) is -0.199. The second-order valence-corrected chi connectivity index (χ2v) is 6.57. The Kier molecular flexibility index (Phi) is 5.56. The molecule has 0 aromatic heterocycles. The molecule has 1 N–H and O–H groups in total. The Bertz CT molecular complexity index is 764. The van der Waals surface area contributed by atoms with E-state index in [4.69, 9.17) is 9.47 Å². The van der Waals surface area contributed by atoms with Gasteiger partial charge in [0.1, 0.15) is 5.75 Å². The van der Waals surface area contributed by atoms with Crippen molar-refractivity contribution in [2.45, 2.75) is 38.8 Å². The average molecular weight is 353 g/mol. The number of hydrogen-bond acceptors (Lipinski definition) is 4. The van der Waals surface area contributed by atoms with Crippen molar-refractivity contribution in [2.75, 3.05) is 6.61 Å². The zero-order valence-electron chi connectivity index (χ0n) is 15.0. The number of carbonyl (C=O) groups excluding carboxylic acids is 2. The van der Waals surface area contributed by atoms with Crippen LogP contribution >= 0.6 is 0 Å². The van der Waals surface area contributed by atoms with Gasteiger partial charge in [0.05, 0.1) is 0 Å². The van der Waals surface area contributed by atoms with Crippen LogP contribution in [0.5, 0.6) is 5.75 Å². The van der Waals surface area contributed by atoms with Gasteiger partial charge in [0.15, 0.2) is 6.61 Å². The summed E-state index contributed by atoms with van der Waals surface area (Å²) in [4.78, 5) is 24.8. The molecule has 1 aliphatic rings. The van der Waals surface area contributed by atoms with E-state index < -0.39 is 12.1 Å². The van der Waals surface area contributed by atoms with Crippen molar-refractivity contribution in [2.24, 2.45) is 0 Å². The first-order valence-electron chi connectivity index (χ1n) is 8.78. The van der Waals surface area contributed by atoms with E-state index in [0.29, 0.717) is 11.3 Å². The van der Waals surface area contributed by atoms with E-state index in [1.807, 2.05) is 50.2 Å². The molecule has 0 spiro atoms. The highest BCUT2D eigenvalue weighted by atomic mass is 16.6. The topological polar surface area (TPSA) is 64.6 Å². The molecule has 1 atom stereocenters. The molecule has 1 aliphatic carbocycles. The second kappa shape index (κ2) is 8.04. The summed E-state index contributed by atoms with van der Waals surface area (Å²) in [6.45, 7) is 3.60. The molecule has 2 aromatic rings. The van der Waals surface area contributed by atoms with Gasteiger partial charge in [-0.3, -0.25) is 4.79 Å². The minimum atomic E-state index is -0.967. The predicted octanol–water partition coefficient (Wildman–Crippen LogP) is 3.25. The van der Waals surface area contributed by atoms with Crippen LogP contribution in [0, 0.1) is 13.8 Å². The summed E-state index contributed by atoms with van der Waals surface area (Å²) >= 11 is 0. The molecule has 5 nitrogen and oxygen atoms in total. The van der Waals surface area contributed by atoms with Gasteiger partial charge in [0.2, 0.25) is 6.10 Å². The third kappa shape index (κ3) is 4.63. The molecule has 0 bridgehead atoms. The number of carbonyl (C=O) groups is 2. The Morgan fingerprint density at radius 2 is 1.69 bits per heavy atom. The van der Waals surface area contributed by atoms with Crippen LogP contribution < -0.4 is 10.1 Å². The molecule has 136 valence electrons. The standard InChI is InChI=1S/C21H23NO4/c1-14-7-6-8-15(2)19(14)25-13-18(23)26-20(16-9-4-3-5-10-16)21(24)22-17-11-12-17/h3-10,17,20H,11-13H2,1-2H3,(H,22,24)/t20-/m0/s1. The third-order valence-corrected chi connectivity index (χ3v) is 4.26. The minimum absolute atomic E-state index is 0.193. The van der Waals surface area contributed by atoms with Crippen LogP contribution in [0.15, 0.2) is 48.5 Å². The van der Waals surface area contributed by atoms with Gasteiger partial charge in [-0.05, 0) is 37.8 Å². The molecular formula is C21H23NO4. The Morgan fingerprint density at radius 3 is 2.31 bits per heavy atom. The van der Waals surface area contributed by atoms with Crippen LogP contribution in [0.25, 0.3) is 0 Å². The third-order valence-electron chi connectivity index (χ3n) is 4.26. The van der Waals surface area contributed by atoms with Gasteiger partial charge in [0.25, 0.3) is 5.91 Å². The molecule has 0 heterocycles. The van der Waals surface area contributed by atoms with Crippen LogP contribution in [0.4, 0.5) is 0 Å². The molecule has 1 saturated carbocycles. The smallest absolute Gasteiger partial charge is 0.345 e. The number of hydrogen-bond donors (Lipinski definition) is 1. The lowest BCUT2D eigenvalue weighted by Gasteiger charge is -2.18. The first-order chi connectivity index (χ1) is 12.5. The van der Waals surface area contributed by atoms with Crippen molar-refractivity contribution < 1.29 is 19.1 Å². The van der Waals surface area contributed by atoms with Gasteiger partial charge < -0.3 is 14.8 Å². The van der Waals surface area contributed by atoms with E-state index in [9.17, 15) is 9.59 Å². The Labute approximate surface area is 153 Å². The Morgan fingerprint density at radius 1 is 1.04 bits per heavy atom. The average Bonchev–Trinajstić information content (AvgIpc) is 3.44. The molecule has 0 aliphatic heterocycles. The fourth-order valence-electron chi connectivity index (χ4n) is 2.73. The molecule has 2 aromatic carbocycles. The van der Waals surface area contributed by atoms with Crippen molar-refractivity contribution in [3.05, 3.63) is 65.2 Å². The molecule has 0 unspecified atom stereocenters. The van der Waals surface area contributed by atoms with Crippen molar-refractivity contribution in [1.29, 1.82) is 0 Å². The fraction of sp³-hybridized carbons (Fsp3) is 0.333. The van der Waals surface area contributed by atoms with E-state index in [2.05, 4.69) is 5.32 Å².